The van der Waals surface area contributed by atoms with Gasteiger partial charge >= 0.3 is 0 Å². The molecule has 3 aliphatic rings. The highest BCUT2D eigenvalue weighted by molar-refractivity contribution is 6.23. The molecular weight excluding hydrogens is 270 g/mol. The Morgan fingerprint density at radius 2 is 1.90 bits per heavy atom. The van der Waals surface area contributed by atoms with E-state index in [0.717, 1.165) is 0 Å². The Morgan fingerprint density at radius 1 is 1.19 bits per heavy atom. The van der Waals surface area contributed by atoms with Gasteiger partial charge in [0.05, 0.1) is 36.3 Å². The number of hydrogen-bond acceptors (Lipinski definition) is 4. The van der Waals surface area contributed by atoms with Crippen molar-refractivity contribution >= 4 is 17.5 Å². The molecule has 0 unspecified atom stereocenters. The molecule has 5 nitrogen and oxygen atoms in total. The Hall–Kier alpha value is -2.14. The van der Waals surface area contributed by atoms with Crippen molar-refractivity contribution in [1.29, 1.82) is 0 Å². The summed E-state index contributed by atoms with van der Waals surface area (Å²) in [6.45, 7) is 1.87. The van der Waals surface area contributed by atoms with Gasteiger partial charge in [0.25, 0.3) is 0 Å². The molecule has 3 aliphatic heterocycles. The van der Waals surface area contributed by atoms with E-state index in [4.69, 9.17) is 9.47 Å². The van der Waals surface area contributed by atoms with Crippen LogP contribution in [0.3, 0.4) is 0 Å². The number of ether oxygens (including phenoxy) is 2. The molecule has 2 saturated heterocycles. The standard InChI is InChI=1S/C16H15NO4/c1-16-8-7-11(21-16)12-13(16)15(19)17(14(12)18)9-3-5-10(20-2)6-4-9/h3-8,11-13H,1-2H3/t11-,12+,13-,16+/m0/s1. The number of rotatable bonds is 2. The average Bonchev–Trinajstić information content (AvgIpc) is 3.09. The number of carbonyl (C=O) groups excluding carboxylic acids is 2. The number of fused-ring (bicyclic) bond motifs is 5. The Labute approximate surface area is 122 Å². The lowest BCUT2D eigenvalue weighted by atomic mass is 9.78. The highest BCUT2D eigenvalue weighted by Crippen LogP contribution is 2.52. The number of imide groups is 1. The number of anilines is 1. The maximum atomic E-state index is 12.7. The molecule has 0 aliphatic carbocycles. The van der Waals surface area contributed by atoms with Crippen LogP contribution in [-0.4, -0.2) is 30.6 Å². The number of methoxy groups -OCH3 is 1. The zero-order valence-corrected chi connectivity index (χ0v) is 11.8. The SMILES string of the molecule is COc1ccc(N2C(=O)[C@@H]3[C@@H]4C=C[C@@](C)(O4)[C@@H]3C2=O)cc1. The minimum Gasteiger partial charge on any atom is -0.497 e. The molecule has 3 heterocycles. The van der Waals surface area contributed by atoms with E-state index in [1.54, 1.807) is 31.4 Å². The summed E-state index contributed by atoms with van der Waals surface area (Å²) in [4.78, 5) is 26.6. The molecule has 4 atom stereocenters. The summed E-state index contributed by atoms with van der Waals surface area (Å²) >= 11 is 0. The van der Waals surface area contributed by atoms with Gasteiger partial charge in [-0.3, -0.25) is 9.59 Å². The van der Waals surface area contributed by atoms with Crippen LogP contribution in [0.25, 0.3) is 0 Å². The van der Waals surface area contributed by atoms with Crippen LogP contribution < -0.4 is 9.64 Å². The minimum absolute atomic E-state index is 0.173. The highest BCUT2D eigenvalue weighted by atomic mass is 16.5. The number of hydrogen-bond donors (Lipinski definition) is 0. The summed E-state index contributed by atoms with van der Waals surface area (Å²) in [6.07, 6.45) is 3.52. The first-order chi connectivity index (χ1) is 10.0. The molecule has 0 aromatic heterocycles. The van der Waals surface area contributed by atoms with Gasteiger partial charge in [0.15, 0.2) is 0 Å². The first-order valence-electron chi connectivity index (χ1n) is 6.94. The fourth-order valence-corrected chi connectivity index (χ4v) is 3.64. The maximum Gasteiger partial charge on any atom is 0.241 e. The maximum absolute atomic E-state index is 12.7. The third kappa shape index (κ3) is 1.49. The van der Waals surface area contributed by atoms with Crippen molar-refractivity contribution in [3.63, 3.8) is 0 Å². The molecule has 0 N–H and O–H groups in total. The molecular formula is C16H15NO4. The summed E-state index contributed by atoms with van der Waals surface area (Å²) in [6, 6.07) is 6.95. The van der Waals surface area contributed by atoms with Crippen LogP contribution in [-0.2, 0) is 14.3 Å². The topological polar surface area (TPSA) is 55.8 Å². The van der Waals surface area contributed by atoms with E-state index < -0.39 is 17.4 Å². The van der Waals surface area contributed by atoms with Crippen molar-refractivity contribution in [3.8, 4) is 5.75 Å². The predicted molar refractivity (Wildman–Crippen MR) is 74.9 cm³/mol. The molecule has 108 valence electrons. The van der Waals surface area contributed by atoms with Crippen molar-refractivity contribution in [2.24, 2.45) is 11.8 Å². The third-order valence-corrected chi connectivity index (χ3v) is 4.66. The Balaban J connectivity index is 1.72. The van der Waals surface area contributed by atoms with Gasteiger partial charge in [-0.15, -0.1) is 0 Å². The van der Waals surface area contributed by atoms with Gasteiger partial charge in [0.2, 0.25) is 11.8 Å². The van der Waals surface area contributed by atoms with Gasteiger partial charge in [-0.1, -0.05) is 12.2 Å². The molecule has 4 rings (SSSR count). The molecule has 0 saturated carbocycles. The van der Waals surface area contributed by atoms with E-state index >= 15 is 0 Å². The summed E-state index contributed by atoms with van der Waals surface area (Å²) in [5, 5.41) is 0. The number of amides is 2. The molecule has 1 aromatic carbocycles. The van der Waals surface area contributed by atoms with Crippen LogP contribution in [0.2, 0.25) is 0 Å². The quantitative estimate of drug-likeness (QED) is 0.611. The molecule has 2 fully saturated rings. The molecule has 21 heavy (non-hydrogen) atoms. The largest absolute Gasteiger partial charge is 0.497 e. The average molecular weight is 285 g/mol. The van der Waals surface area contributed by atoms with E-state index in [-0.39, 0.29) is 17.9 Å². The Morgan fingerprint density at radius 3 is 2.52 bits per heavy atom. The second kappa shape index (κ2) is 3.95. The van der Waals surface area contributed by atoms with Gasteiger partial charge < -0.3 is 9.47 Å². The van der Waals surface area contributed by atoms with Gasteiger partial charge in [-0.05, 0) is 31.2 Å². The lowest BCUT2D eigenvalue weighted by molar-refractivity contribution is -0.126. The first-order valence-corrected chi connectivity index (χ1v) is 6.94. The van der Waals surface area contributed by atoms with Crippen molar-refractivity contribution in [2.45, 2.75) is 18.6 Å². The van der Waals surface area contributed by atoms with E-state index in [1.807, 2.05) is 19.1 Å². The van der Waals surface area contributed by atoms with Crippen LogP contribution in [0, 0.1) is 11.8 Å². The molecule has 1 aromatic rings. The molecule has 5 heteroatoms. The second-order valence-corrected chi connectivity index (χ2v) is 5.84. The van der Waals surface area contributed by atoms with Crippen LogP contribution >= 0.6 is 0 Å². The first kappa shape index (κ1) is 12.6. The molecule has 0 spiro atoms. The Bertz CT molecular complexity index is 665. The second-order valence-electron chi connectivity index (χ2n) is 5.84. The van der Waals surface area contributed by atoms with E-state index in [9.17, 15) is 9.59 Å². The van der Waals surface area contributed by atoms with Gasteiger partial charge in [-0.2, -0.15) is 0 Å². The smallest absolute Gasteiger partial charge is 0.241 e. The molecule has 2 bridgehead atoms. The number of benzene rings is 1. The van der Waals surface area contributed by atoms with Gasteiger partial charge in [-0.25, -0.2) is 4.90 Å². The van der Waals surface area contributed by atoms with Crippen LogP contribution in [0.15, 0.2) is 36.4 Å². The number of nitrogens with zero attached hydrogens (tertiary/aromatic N) is 1. The van der Waals surface area contributed by atoms with Crippen LogP contribution in [0.5, 0.6) is 5.75 Å². The third-order valence-electron chi connectivity index (χ3n) is 4.66. The molecule has 2 amide bonds. The van der Waals surface area contributed by atoms with Crippen molar-refractivity contribution < 1.29 is 19.1 Å². The minimum atomic E-state index is -0.650. The van der Waals surface area contributed by atoms with Crippen LogP contribution in [0.4, 0.5) is 5.69 Å². The number of carbonyl (C=O) groups is 2. The zero-order valence-electron chi connectivity index (χ0n) is 11.8. The monoisotopic (exact) mass is 285 g/mol. The van der Waals surface area contributed by atoms with Crippen molar-refractivity contribution in [1.82, 2.24) is 0 Å². The lowest BCUT2D eigenvalue weighted by Gasteiger charge is -2.24. The normalized spacial score (nSPS) is 36.5. The predicted octanol–water partition coefficient (Wildman–Crippen LogP) is 1.53. The highest BCUT2D eigenvalue weighted by Gasteiger charge is 2.65. The Kier molecular flexibility index (Phi) is 2.37. The summed E-state index contributed by atoms with van der Waals surface area (Å²) in [7, 11) is 1.58. The van der Waals surface area contributed by atoms with E-state index in [1.165, 1.54) is 4.90 Å². The van der Waals surface area contributed by atoms with Crippen molar-refractivity contribution in [2.75, 3.05) is 12.0 Å². The van der Waals surface area contributed by atoms with E-state index in [2.05, 4.69) is 0 Å². The van der Waals surface area contributed by atoms with Crippen molar-refractivity contribution in [3.05, 3.63) is 36.4 Å². The van der Waals surface area contributed by atoms with Gasteiger partial charge in [0.1, 0.15) is 5.75 Å². The zero-order chi connectivity index (χ0) is 14.8. The summed E-state index contributed by atoms with van der Waals surface area (Å²) in [5.74, 6) is -0.468. The molecule has 0 radical (unpaired) electrons. The fourth-order valence-electron chi connectivity index (χ4n) is 3.64. The van der Waals surface area contributed by atoms with Crippen LogP contribution in [0.1, 0.15) is 6.92 Å². The fraction of sp³-hybridized carbons (Fsp3) is 0.375. The summed E-state index contributed by atoms with van der Waals surface area (Å²) < 4.78 is 10.9. The van der Waals surface area contributed by atoms with E-state index in [0.29, 0.717) is 11.4 Å². The van der Waals surface area contributed by atoms with Gasteiger partial charge in [0, 0.05) is 0 Å². The lowest BCUT2D eigenvalue weighted by Crippen LogP contribution is -2.38. The summed E-state index contributed by atoms with van der Waals surface area (Å²) in [5.41, 5.74) is -0.0632.